The lowest BCUT2D eigenvalue weighted by atomic mass is 9.74. The van der Waals surface area contributed by atoms with Crippen molar-refractivity contribution in [2.24, 2.45) is 11.3 Å². The average Bonchev–Trinajstić information content (AvgIpc) is 2.94. The van der Waals surface area contributed by atoms with E-state index in [0.717, 1.165) is 48.9 Å². The molecule has 1 atom stereocenters. The maximum Gasteiger partial charge on any atom is 0.0862 e. The van der Waals surface area contributed by atoms with Crippen LogP contribution in [0.2, 0.25) is 5.02 Å². The zero-order chi connectivity index (χ0) is 15.7. The SMILES string of the molecule is CC(C)(CC1CCOCC1)C(O)c1cc(Cl)cc2cn[nH]c12. The van der Waals surface area contributed by atoms with Crippen LogP contribution in [0.25, 0.3) is 10.9 Å². The standard InChI is InChI=1S/C17H23ClN2O2/c1-17(2,9-11-3-5-22-6-4-11)16(21)14-8-13(18)7-12-10-19-20-15(12)14/h7-8,10-11,16,21H,3-6,9H2,1-2H3,(H,19,20). The van der Waals surface area contributed by atoms with E-state index in [9.17, 15) is 5.11 Å². The van der Waals surface area contributed by atoms with Crippen molar-refractivity contribution in [2.75, 3.05) is 13.2 Å². The summed E-state index contributed by atoms with van der Waals surface area (Å²) in [6, 6.07) is 3.71. The predicted octanol–water partition coefficient (Wildman–Crippen LogP) is 4.09. The highest BCUT2D eigenvalue weighted by molar-refractivity contribution is 6.31. The number of benzene rings is 1. The van der Waals surface area contributed by atoms with Crippen LogP contribution >= 0.6 is 11.6 Å². The highest BCUT2D eigenvalue weighted by atomic mass is 35.5. The maximum absolute atomic E-state index is 11.0. The third-order valence-corrected chi connectivity index (χ3v) is 4.95. The molecule has 1 aliphatic heterocycles. The quantitative estimate of drug-likeness (QED) is 0.891. The lowest BCUT2D eigenvalue weighted by Gasteiger charge is -2.36. The van der Waals surface area contributed by atoms with Gasteiger partial charge in [0.25, 0.3) is 0 Å². The fraction of sp³-hybridized carbons (Fsp3) is 0.588. The molecule has 2 heterocycles. The van der Waals surface area contributed by atoms with Gasteiger partial charge in [0.15, 0.2) is 0 Å². The van der Waals surface area contributed by atoms with Gasteiger partial charge in [0.05, 0.1) is 17.8 Å². The number of hydrogen-bond acceptors (Lipinski definition) is 3. The highest BCUT2D eigenvalue weighted by Crippen LogP contribution is 2.43. The van der Waals surface area contributed by atoms with Crippen molar-refractivity contribution >= 4 is 22.5 Å². The summed E-state index contributed by atoms with van der Waals surface area (Å²) in [6.07, 6.45) is 4.27. The highest BCUT2D eigenvalue weighted by Gasteiger charge is 2.34. The van der Waals surface area contributed by atoms with E-state index in [0.29, 0.717) is 10.9 Å². The summed E-state index contributed by atoms with van der Waals surface area (Å²) >= 11 is 6.20. The summed E-state index contributed by atoms with van der Waals surface area (Å²) < 4.78 is 5.43. The molecule has 4 nitrogen and oxygen atoms in total. The van der Waals surface area contributed by atoms with Crippen LogP contribution in [0.1, 0.15) is 44.8 Å². The molecule has 1 saturated heterocycles. The summed E-state index contributed by atoms with van der Waals surface area (Å²) in [4.78, 5) is 0. The minimum absolute atomic E-state index is 0.231. The van der Waals surface area contributed by atoms with Crippen LogP contribution in [0, 0.1) is 11.3 Å². The second-order valence-electron chi connectivity index (χ2n) is 6.98. The van der Waals surface area contributed by atoms with Crippen LogP contribution in [0.15, 0.2) is 18.3 Å². The molecule has 0 spiro atoms. The van der Waals surface area contributed by atoms with Gasteiger partial charge < -0.3 is 9.84 Å². The Kier molecular flexibility index (Phi) is 4.44. The fourth-order valence-corrected chi connectivity index (χ4v) is 3.72. The molecule has 22 heavy (non-hydrogen) atoms. The van der Waals surface area contributed by atoms with Crippen molar-refractivity contribution in [3.05, 3.63) is 28.9 Å². The first-order valence-electron chi connectivity index (χ1n) is 7.86. The monoisotopic (exact) mass is 322 g/mol. The molecule has 1 fully saturated rings. The first kappa shape index (κ1) is 15.8. The molecule has 5 heteroatoms. The van der Waals surface area contributed by atoms with Gasteiger partial charge >= 0.3 is 0 Å². The van der Waals surface area contributed by atoms with E-state index in [4.69, 9.17) is 16.3 Å². The van der Waals surface area contributed by atoms with Gasteiger partial charge in [-0.25, -0.2) is 0 Å². The van der Waals surface area contributed by atoms with Crippen molar-refractivity contribution in [3.8, 4) is 0 Å². The third-order valence-electron chi connectivity index (χ3n) is 4.73. The van der Waals surface area contributed by atoms with Gasteiger partial charge in [-0.2, -0.15) is 5.10 Å². The normalized spacial score (nSPS) is 18.7. The summed E-state index contributed by atoms with van der Waals surface area (Å²) in [5.41, 5.74) is 1.47. The Morgan fingerprint density at radius 1 is 1.41 bits per heavy atom. The van der Waals surface area contributed by atoms with Crippen LogP contribution in [0.5, 0.6) is 0 Å². The second kappa shape index (κ2) is 6.19. The molecular weight excluding hydrogens is 300 g/mol. The lowest BCUT2D eigenvalue weighted by Crippen LogP contribution is -2.28. The van der Waals surface area contributed by atoms with Crippen molar-refractivity contribution in [1.82, 2.24) is 10.2 Å². The van der Waals surface area contributed by atoms with Crippen LogP contribution in [-0.2, 0) is 4.74 Å². The Hall–Kier alpha value is -1.10. The van der Waals surface area contributed by atoms with Crippen LogP contribution in [0.4, 0.5) is 0 Å². The van der Waals surface area contributed by atoms with E-state index < -0.39 is 6.10 Å². The zero-order valence-electron chi connectivity index (χ0n) is 13.1. The molecule has 120 valence electrons. The Morgan fingerprint density at radius 3 is 2.86 bits per heavy atom. The van der Waals surface area contributed by atoms with Crippen LogP contribution < -0.4 is 0 Å². The lowest BCUT2D eigenvalue weighted by molar-refractivity contribution is 0.00372. The summed E-state index contributed by atoms with van der Waals surface area (Å²) in [7, 11) is 0. The van der Waals surface area contributed by atoms with E-state index in [1.54, 1.807) is 6.20 Å². The van der Waals surface area contributed by atoms with E-state index in [1.165, 1.54) is 0 Å². The number of hydrogen-bond donors (Lipinski definition) is 2. The van der Waals surface area contributed by atoms with Gasteiger partial charge in [-0.05, 0) is 42.7 Å². The van der Waals surface area contributed by atoms with Crippen LogP contribution in [0.3, 0.4) is 0 Å². The molecular formula is C17H23ClN2O2. The smallest absolute Gasteiger partial charge is 0.0862 e. The second-order valence-corrected chi connectivity index (χ2v) is 7.42. The van der Waals surface area contributed by atoms with Crippen molar-refractivity contribution in [3.63, 3.8) is 0 Å². The molecule has 2 N–H and O–H groups in total. The minimum Gasteiger partial charge on any atom is -0.388 e. The Morgan fingerprint density at radius 2 is 2.14 bits per heavy atom. The summed E-state index contributed by atoms with van der Waals surface area (Å²) in [5.74, 6) is 0.606. The number of aliphatic hydroxyl groups excluding tert-OH is 1. The largest absolute Gasteiger partial charge is 0.388 e. The van der Waals surface area contributed by atoms with Gasteiger partial charge in [0.1, 0.15) is 0 Å². The van der Waals surface area contributed by atoms with Crippen molar-refractivity contribution in [1.29, 1.82) is 0 Å². The number of rotatable bonds is 4. The summed E-state index contributed by atoms with van der Waals surface area (Å²) in [6.45, 7) is 5.91. The number of nitrogens with one attached hydrogen (secondary N) is 1. The average molecular weight is 323 g/mol. The van der Waals surface area contributed by atoms with Crippen LogP contribution in [-0.4, -0.2) is 28.5 Å². The molecule has 0 saturated carbocycles. The van der Waals surface area contributed by atoms with Crippen molar-refractivity contribution in [2.45, 2.75) is 39.2 Å². The van der Waals surface area contributed by atoms with E-state index in [1.807, 2.05) is 12.1 Å². The number of halogens is 1. The third kappa shape index (κ3) is 3.14. The van der Waals surface area contributed by atoms with Gasteiger partial charge in [-0.3, -0.25) is 5.10 Å². The molecule has 0 bridgehead atoms. The minimum atomic E-state index is -0.586. The van der Waals surface area contributed by atoms with Gasteiger partial charge in [0, 0.05) is 29.2 Å². The topological polar surface area (TPSA) is 58.1 Å². The molecule has 0 aliphatic carbocycles. The number of fused-ring (bicyclic) bond motifs is 1. The molecule has 3 rings (SSSR count). The number of nitrogens with zero attached hydrogens (tertiary/aromatic N) is 1. The molecule has 0 radical (unpaired) electrons. The molecule has 1 aliphatic rings. The molecule has 1 unspecified atom stereocenters. The number of H-pyrrole nitrogens is 1. The molecule has 1 aromatic heterocycles. The first-order valence-corrected chi connectivity index (χ1v) is 8.23. The number of aromatic amines is 1. The van der Waals surface area contributed by atoms with E-state index >= 15 is 0 Å². The van der Waals surface area contributed by atoms with E-state index in [2.05, 4.69) is 24.0 Å². The van der Waals surface area contributed by atoms with E-state index in [-0.39, 0.29) is 5.41 Å². The van der Waals surface area contributed by atoms with Gasteiger partial charge in [0.2, 0.25) is 0 Å². The molecule has 0 amide bonds. The molecule has 2 aromatic rings. The number of ether oxygens (including phenoxy) is 1. The first-order chi connectivity index (χ1) is 10.5. The number of aliphatic hydroxyl groups is 1. The number of aromatic nitrogens is 2. The Balaban J connectivity index is 1.86. The Labute approximate surface area is 135 Å². The maximum atomic E-state index is 11.0. The fourth-order valence-electron chi connectivity index (χ4n) is 3.49. The zero-order valence-corrected chi connectivity index (χ0v) is 13.9. The molecule has 1 aromatic carbocycles. The predicted molar refractivity (Wildman–Crippen MR) is 88.0 cm³/mol. The van der Waals surface area contributed by atoms with Gasteiger partial charge in [-0.1, -0.05) is 25.4 Å². The van der Waals surface area contributed by atoms with Crippen molar-refractivity contribution < 1.29 is 9.84 Å². The summed E-state index contributed by atoms with van der Waals surface area (Å²) in [5, 5.41) is 19.6. The Bertz CT molecular complexity index is 647. The van der Waals surface area contributed by atoms with Gasteiger partial charge in [-0.15, -0.1) is 0 Å².